The molecule has 1 saturated carbocycles. The number of ether oxygens (including phenoxy) is 1. The summed E-state index contributed by atoms with van der Waals surface area (Å²) in [5.74, 6) is 0. The first-order chi connectivity index (χ1) is 6.75. The van der Waals surface area contributed by atoms with E-state index >= 15 is 0 Å². The van der Waals surface area contributed by atoms with E-state index in [1.807, 2.05) is 0 Å². The molecule has 0 amide bonds. The van der Waals surface area contributed by atoms with E-state index in [9.17, 15) is 5.11 Å². The monoisotopic (exact) mass is 201 g/mol. The van der Waals surface area contributed by atoms with Gasteiger partial charge in [0.05, 0.1) is 12.7 Å². The summed E-state index contributed by atoms with van der Waals surface area (Å²) in [4.78, 5) is 2.24. The number of aliphatic hydroxyl groups excluding tert-OH is 1. The zero-order chi connectivity index (χ0) is 10.4. The quantitative estimate of drug-likeness (QED) is 0.695. The highest BCUT2D eigenvalue weighted by Crippen LogP contribution is 2.21. The maximum atomic E-state index is 9.94. The van der Waals surface area contributed by atoms with Crippen LogP contribution in [0.25, 0.3) is 0 Å². The van der Waals surface area contributed by atoms with Gasteiger partial charge in [0.2, 0.25) is 0 Å². The standard InChI is InChI=1S/C11H23NO2/c1-12(8-9-14-2)10-6-4-3-5-7-11(10)13/h10-11,13H,3-9H2,1-2H3. The summed E-state index contributed by atoms with van der Waals surface area (Å²) >= 11 is 0. The predicted octanol–water partition coefficient (Wildman–Crippen LogP) is 1.26. The highest BCUT2D eigenvalue weighted by atomic mass is 16.5. The molecule has 0 aromatic rings. The topological polar surface area (TPSA) is 32.7 Å². The van der Waals surface area contributed by atoms with Crippen LogP contribution in [0.3, 0.4) is 0 Å². The van der Waals surface area contributed by atoms with E-state index in [4.69, 9.17) is 4.74 Å². The number of aliphatic hydroxyl groups is 1. The van der Waals surface area contributed by atoms with Crippen LogP contribution in [0.2, 0.25) is 0 Å². The maximum Gasteiger partial charge on any atom is 0.0695 e. The van der Waals surface area contributed by atoms with Crippen LogP contribution in [-0.4, -0.2) is 49.5 Å². The Morgan fingerprint density at radius 1 is 1.29 bits per heavy atom. The summed E-state index contributed by atoms with van der Waals surface area (Å²) in [5, 5.41) is 9.94. The number of likely N-dealkylation sites (N-methyl/N-ethyl adjacent to an activating group) is 1. The fourth-order valence-electron chi connectivity index (χ4n) is 2.18. The molecule has 1 N–H and O–H groups in total. The van der Waals surface area contributed by atoms with E-state index < -0.39 is 0 Å². The van der Waals surface area contributed by atoms with Gasteiger partial charge in [-0.25, -0.2) is 0 Å². The highest BCUT2D eigenvalue weighted by molar-refractivity contribution is 4.79. The summed E-state index contributed by atoms with van der Waals surface area (Å²) in [7, 11) is 3.80. The number of nitrogens with zero attached hydrogens (tertiary/aromatic N) is 1. The van der Waals surface area contributed by atoms with Gasteiger partial charge in [-0.2, -0.15) is 0 Å². The molecule has 1 aliphatic rings. The molecule has 0 radical (unpaired) electrons. The van der Waals surface area contributed by atoms with Crippen LogP contribution in [0.4, 0.5) is 0 Å². The largest absolute Gasteiger partial charge is 0.391 e. The number of methoxy groups -OCH3 is 1. The molecule has 3 heteroatoms. The lowest BCUT2D eigenvalue weighted by Crippen LogP contribution is -2.42. The van der Waals surface area contributed by atoms with Crippen molar-refractivity contribution in [2.75, 3.05) is 27.3 Å². The molecule has 1 aliphatic carbocycles. The molecule has 3 nitrogen and oxygen atoms in total. The van der Waals surface area contributed by atoms with Crippen molar-refractivity contribution in [2.24, 2.45) is 0 Å². The third kappa shape index (κ3) is 3.56. The lowest BCUT2D eigenvalue weighted by molar-refractivity contribution is 0.0443. The molecule has 14 heavy (non-hydrogen) atoms. The van der Waals surface area contributed by atoms with Gasteiger partial charge in [-0.15, -0.1) is 0 Å². The van der Waals surface area contributed by atoms with Gasteiger partial charge in [0.15, 0.2) is 0 Å². The predicted molar refractivity (Wildman–Crippen MR) is 57.4 cm³/mol. The molecule has 0 aromatic carbocycles. The fourth-order valence-corrected chi connectivity index (χ4v) is 2.18. The molecule has 0 aromatic heterocycles. The van der Waals surface area contributed by atoms with Crippen molar-refractivity contribution >= 4 is 0 Å². The van der Waals surface area contributed by atoms with Crippen molar-refractivity contribution in [3.05, 3.63) is 0 Å². The van der Waals surface area contributed by atoms with Crippen LogP contribution < -0.4 is 0 Å². The molecule has 1 rings (SSSR count). The fraction of sp³-hybridized carbons (Fsp3) is 1.00. The molecule has 0 heterocycles. The average molecular weight is 201 g/mol. The smallest absolute Gasteiger partial charge is 0.0695 e. The van der Waals surface area contributed by atoms with Crippen molar-refractivity contribution in [3.63, 3.8) is 0 Å². The van der Waals surface area contributed by atoms with Crippen LogP contribution >= 0.6 is 0 Å². The molecular weight excluding hydrogens is 178 g/mol. The Bertz CT molecular complexity index is 152. The van der Waals surface area contributed by atoms with Crippen molar-refractivity contribution in [2.45, 2.75) is 44.2 Å². The molecule has 0 bridgehead atoms. The first-order valence-corrected chi connectivity index (χ1v) is 5.63. The minimum absolute atomic E-state index is 0.139. The first kappa shape index (κ1) is 12.0. The minimum atomic E-state index is -0.139. The van der Waals surface area contributed by atoms with Crippen molar-refractivity contribution in [1.82, 2.24) is 4.90 Å². The third-order valence-electron chi connectivity index (χ3n) is 3.16. The van der Waals surface area contributed by atoms with E-state index in [1.54, 1.807) is 7.11 Å². The molecule has 2 unspecified atom stereocenters. The summed E-state index contributed by atoms with van der Waals surface area (Å²) in [5.41, 5.74) is 0. The van der Waals surface area contributed by atoms with Crippen molar-refractivity contribution in [1.29, 1.82) is 0 Å². The van der Waals surface area contributed by atoms with E-state index in [2.05, 4.69) is 11.9 Å². The van der Waals surface area contributed by atoms with Gasteiger partial charge in [0.25, 0.3) is 0 Å². The van der Waals surface area contributed by atoms with E-state index in [-0.39, 0.29) is 6.10 Å². The number of hydrogen-bond acceptors (Lipinski definition) is 3. The zero-order valence-corrected chi connectivity index (χ0v) is 9.41. The van der Waals surface area contributed by atoms with Crippen LogP contribution in [0.5, 0.6) is 0 Å². The van der Waals surface area contributed by atoms with Gasteiger partial charge in [-0.1, -0.05) is 19.3 Å². The molecule has 1 fully saturated rings. The first-order valence-electron chi connectivity index (χ1n) is 5.63. The van der Waals surface area contributed by atoms with Crippen LogP contribution in [0.15, 0.2) is 0 Å². The number of hydrogen-bond donors (Lipinski definition) is 1. The zero-order valence-electron chi connectivity index (χ0n) is 9.41. The van der Waals surface area contributed by atoms with Crippen LogP contribution in [-0.2, 0) is 4.74 Å². The van der Waals surface area contributed by atoms with E-state index in [0.717, 1.165) is 26.0 Å². The Kier molecular flexibility index (Phi) is 5.45. The Balaban J connectivity index is 2.37. The van der Waals surface area contributed by atoms with Gasteiger partial charge < -0.3 is 9.84 Å². The summed E-state index contributed by atoms with van der Waals surface area (Å²) in [6, 6.07) is 0.340. The van der Waals surface area contributed by atoms with Gasteiger partial charge in [0, 0.05) is 19.7 Å². The molecule has 0 aliphatic heterocycles. The van der Waals surface area contributed by atoms with Gasteiger partial charge in [-0.05, 0) is 19.9 Å². The summed E-state index contributed by atoms with van der Waals surface area (Å²) in [6.07, 6.45) is 5.64. The van der Waals surface area contributed by atoms with Gasteiger partial charge in [0.1, 0.15) is 0 Å². The summed E-state index contributed by atoms with van der Waals surface area (Å²) in [6.45, 7) is 1.66. The lowest BCUT2D eigenvalue weighted by atomic mass is 10.1. The minimum Gasteiger partial charge on any atom is -0.391 e. The average Bonchev–Trinajstić information content (AvgIpc) is 2.39. The Morgan fingerprint density at radius 2 is 2.00 bits per heavy atom. The van der Waals surface area contributed by atoms with Gasteiger partial charge in [-0.3, -0.25) is 4.90 Å². The molecule has 0 spiro atoms. The Morgan fingerprint density at radius 3 is 2.71 bits per heavy atom. The van der Waals surface area contributed by atoms with Crippen LogP contribution in [0.1, 0.15) is 32.1 Å². The Labute approximate surface area is 87.1 Å². The summed E-state index contributed by atoms with van der Waals surface area (Å²) < 4.78 is 5.05. The second kappa shape index (κ2) is 6.38. The third-order valence-corrected chi connectivity index (χ3v) is 3.16. The SMILES string of the molecule is COCCN(C)C1CCCCCC1O. The molecule has 0 saturated heterocycles. The normalized spacial score (nSPS) is 29.1. The number of rotatable bonds is 4. The maximum absolute atomic E-state index is 9.94. The molecule has 84 valence electrons. The van der Waals surface area contributed by atoms with Gasteiger partial charge >= 0.3 is 0 Å². The molecular formula is C11H23NO2. The van der Waals surface area contributed by atoms with Crippen molar-refractivity contribution < 1.29 is 9.84 Å². The lowest BCUT2D eigenvalue weighted by Gasteiger charge is -2.30. The molecule has 2 atom stereocenters. The van der Waals surface area contributed by atoms with E-state index in [1.165, 1.54) is 19.3 Å². The van der Waals surface area contributed by atoms with E-state index in [0.29, 0.717) is 6.04 Å². The second-order valence-electron chi connectivity index (χ2n) is 4.25. The Hall–Kier alpha value is -0.120. The highest BCUT2D eigenvalue weighted by Gasteiger charge is 2.24. The van der Waals surface area contributed by atoms with Crippen LogP contribution in [0, 0.1) is 0 Å². The van der Waals surface area contributed by atoms with Crippen molar-refractivity contribution in [3.8, 4) is 0 Å². The second-order valence-corrected chi connectivity index (χ2v) is 4.25.